The molecule has 0 aromatic heterocycles. The first-order valence-corrected chi connectivity index (χ1v) is 8.73. The molecule has 0 aliphatic carbocycles. The minimum atomic E-state index is -0.0517. The maximum atomic E-state index is 11.8. The van der Waals surface area contributed by atoms with Crippen LogP contribution in [0.4, 0.5) is 5.69 Å². The molecule has 4 nitrogen and oxygen atoms in total. The summed E-state index contributed by atoms with van der Waals surface area (Å²) in [6, 6.07) is 9.45. The van der Waals surface area contributed by atoms with Crippen molar-refractivity contribution in [1.82, 2.24) is 4.90 Å². The van der Waals surface area contributed by atoms with Crippen molar-refractivity contribution < 1.29 is 9.59 Å². The van der Waals surface area contributed by atoms with E-state index in [0.717, 1.165) is 24.9 Å². The van der Waals surface area contributed by atoms with Gasteiger partial charge < -0.3 is 5.32 Å². The maximum absolute atomic E-state index is 11.8. The molecule has 1 aliphatic heterocycles. The van der Waals surface area contributed by atoms with Gasteiger partial charge in [0.25, 0.3) is 0 Å². The van der Waals surface area contributed by atoms with E-state index < -0.39 is 0 Å². The normalized spacial score (nSPS) is 17.9. The van der Waals surface area contributed by atoms with Crippen molar-refractivity contribution >= 4 is 45.8 Å². The van der Waals surface area contributed by atoms with Crippen LogP contribution in [0.25, 0.3) is 0 Å². The number of benzene rings is 1. The second-order valence-corrected chi connectivity index (χ2v) is 7.22. The predicted molar refractivity (Wildman–Crippen MR) is 94.9 cm³/mol. The molecule has 2 amide bonds. The van der Waals surface area contributed by atoms with Crippen molar-refractivity contribution in [3.05, 3.63) is 30.3 Å². The van der Waals surface area contributed by atoms with Gasteiger partial charge in [-0.3, -0.25) is 14.5 Å². The minimum absolute atomic E-state index is 0.0307. The van der Waals surface area contributed by atoms with E-state index >= 15 is 0 Å². The summed E-state index contributed by atoms with van der Waals surface area (Å²) in [5.41, 5.74) is 0.825. The smallest absolute Gasteiger partial charge is 0.241 e. The summed E-state index contributed by atoms with van der Waals surface area (Å²) in [7, 11) is 0. The molecule has 1 heterocycles. The van der Waals surface area contributed by atoms with Gasteiger partial charge in [0.1, 0.15) is 4.32 Å². The van der Waals surface area contributed by atoms with Crippen LogP contribution in [0.1, 0.15) is 32.6 Å². The molecule has 0 bridgehead atoms. The van der Waals surface area contributed by atoms with Crippen LogP contribution in [0.15, 0.2) is 30.3 Å². The van der Waals surface area contributed by atoms with E-state index in [4.69, 9.17) is 12.2 Å². The first-order chi connectivity index (χ1) is 10.6. The second kappa shape index (κ2) is 8.29. The van der Waals surface area contributed by atoms with E-state index in [0.29, 0.717) is 17.3 Å². The fraction of sp³-hybridized carbons (Fsp3) is 0.438. The van der Waals surface area contributed by atoms with E-state index in [2.05, 4.69) is 5.32 Å². The Morgan fingerprint density at radius 3 is 2.64 bits per heavy atom. The number of para-hydroxylation sites is 1. The molecule has 118 valence electrons. The maximum Gasteiger partial charge on any atom is 0.241 e. The zero-order valence-electron chi connectivity index (χ0n) is 12.6. The van der Waals surface area contributed by atoms with Gasteiger partial charge in [0.05, 0.1) is 5.25 Å². The summed E-state index contributed by atoms with van der Waals surface area (Å²) in [6.45, 7) is 2.54. The van der Waals surface area contributed by atoms with Gasteiger partial charge in [0.15, 0.2) is 0 Å². The molecule has 0 radical (unpaired) electrons. The number of nitrogens with zero attached hydrogens (tertiary/aromatic N) is 1. The van der Waals surface area contributed by atoms with Gasteiger partial charge in [-0.15, -0.1) is 0 Å². The number of hydrogen-bond acceptors (Lipinski definition) is 4. The Labute approximate surface area is 140 Å². The van der Waals surface area contributed by atoms with Crippen molar-refractivity contribution in [1.29, 1.82) is 0 Å². The van der Waals surface area contributed by atoms with Crippen molar-refractivity contribution in [3.8, 4) is 0 Å². The van der Waals surface area contributed by atoms with E-state index in [-0.39, 0.29) is 17.1 Å². The molecule has 1 saturated heterocycles. The number of carbonyl (C=O) groups is 2. The largest absolute Gasteiger partial charge is 0.326 e. The summed E-state index contributed by atoms with van der Waals surface area (Å²) in [5, 5.41) is 2.81. The van der Waals surface area contributed by atoms with Crippen molar-refractivity contribution in [2.24, 2.45) is 0 Å². The fourth-order valence-corrected chi connectivity index (χ4v) is 3.71. The second-order valence-electron chi connectivity index (χ2n) is 5.24. The molecule has 0 saturated carbocycles. The third-order valence-corrected chi connectivity index (χ3v) is 4.94. The highest BCUT2D eigenvalue weighted by molar-refractivity contribution is 8.24. The summed E-state index contributed by atoms with van der Waals surface area (Å²) >= 11 is 6.64. The molecule has 1 unspecified atom stereocenters. The molecule has 2 rings (SSSR count). The van der Waals surface area contributed by atoms with Crippen LogP contribution in [-0.2, 0) is 9.59 Å². The van der Waals surface area contributed by atoms with Crippen LogP contribution in [-0.4, -0.2) is 32.8 Å². The van der Waals surface area contributed by atoms with Crippen molar-refractivity contribution in [2.75, 3.05) is 11.9 Å². The summed E-state index contributed by atoms with van der Waals surface area (Å²) in [6.07, 6.45) is 3.10. The average Bonchev–Trinajstić information content (AvgIpc) is 2.74. The highest BCUT2D eigenvalue weighted by Gasteiger charge is 2.32. The quantitative estimate of drug-likeness (QED) is 0.612. The lowest BCUT2D eigenvalue weighted by Crippen LogP contribution is -2.31. The Hall–Kier alpha value is -1.40. The van der Waals surface area contributed by atoms with E-state index in [1.54, 1.807) is 4.90 Å². The zero-order chi connectivity index (χ0) is 15.9. The topological polar surface area (TPSA) is 49.4 Å². The Morgan fingerprint density at radius 2 is 2.00 bits per heavy atom. The van der Waals surface area contributed by atoms with Crippen LogP contribution >= 0.6 is 24.0 Å². The number of amides is 2. The lowest BCUT2D eigenvalue weighted by atomic mass is 10.1. The third-order valence-electron chi connectivity index (χ3n) is 3.45. The number of unbranched alkanes of at least 4 members (excludes halogenated alkanes) is 2. The summed E-state index contributed by atoms with van der Waals surface area (Å²) < 4.78 is 0.680. The SMILES string of the molecule is CC1SC(=S)N(CCCCCC(=O)Nc2ccccc2)C1=O. The van der Waals surface area contributed by atoms with Gasteiger partial charge in [0, 0.05) is 18.7 Å². The molecular weight excluding hydrogens is 316 g/mol. The molecule has 1 N–H and O–H groups in total. The summed E-state index contributed by atoms with van der Waals surface area (Å²) in [4.78, 5) is 25.3. The molecule has 1 aromatic carbocycles. The van der Waals surface area contributed by atoms with Gasteiger partial charge in [-0.05, 0) is 31.9 Å². The van der Waals surface area contributed by atoms with Crippen molar-refractivity contribution in [3.63, 3.8) is 0 Å². The monoisotopic (exact) mass is 336 g/mol. The van der Waals surface area contributed by atoms with Gasteiger partial charge in [-0.1, -0.05) is 48.6 Å². The van der Waals surface area contributed by atoms with E-state index in [1.807, 2.05) is 37.3 Å². The number of rotatable bonds is 7. The van der Waals surface area contributed by atoms with Crippen LogP contribution in [0.3, 0.4) is 0 Å². The van der Waals surface area contributed by atoms with Crippen LogP contribution in [0.2, 0.25) is 0 Å². The zero-order valence-corrected chi connectivity index (χ0v) is 14.2. The fourth-order valence-electron chi connectivity index (χ4n) is 2.25. The lowest BCUT2D eigenvalue weighted by molar-refractivity contribution is -0.125. The number of anilines is 1. The number of carbonyl (C=O) groups excluding carboxylic acids is 2. The molecule has 0 spiro atoms. The molecule has 1 fully saturated rings. The molecule has 1 atom stereocenters. The van der Waals surface area contributed by atoms with Crippen molar-refractivity contribution in [2.45, 2.75) is 37.9 Å². The van der Waals surface area contributed by atoms with Gasteiger partial charge in [-0.25, -0.2) is 0 Å². The molecule has 1 aliphatic rings. The highest BCUT2D eigenvalue weighted by atomic mass is 32.2. The number of hydrogen-bond donors (Lipinski definition) is 1. The van der Waals surface area contributed by atoms with Crippen LogP contribution in [0.5, 0.6) is 0 Å². The Bertz CT molecular complexity index is 548. The standard InChI is InChI=1S/C16H20N2O2S2/c1-12-15(20)18(16(21)22-12)11-7-3-6-10-14(19)17-13-8-4-2-5-9-13/h2,4-5,8-9,12H,3,6-7,10-11H2,1H3,(H,17,19). The Morgan fingerprint density at radius 1 is 1.27 bits per heavy atom. The number of nitrogens with one attached hydrogen (secondary N) is 1. The number of thioether (sulfide) groups is 1. The van der Waals surface area contributed by atoms with Gasteiger partial charge in [0.2, 0.25) is 11.8 Å². The van der Waals surface area contributed by atoms with Gasteiger partial charge in [-0.2, -0.15) is 0 Å². The Kier molecular flexibility index (Phi) is 6.39. The molecule has 6 heteroatoms. The molecular formula is C16H20N2O2S2. The van der Waals surface area contributed by atoms with Crippen LogP contribution in [0, 0.1) is 0 Å². The molecule has 22 heavy (non-hydrogen) atoms. The first-order valence-electron chi connectivity index (χ1n) is 7.45. The van der Waals surface area contributed by atoms with E-state index in [1.165, 1.54) is 11.8 Å². The van der Waals surface area contributed by atoms with E-state index in [9.17, 15) is 9.59 Å². The summed E-state index contributed by atoms with van der Waals surface area (Å²) in [5.74, 6) is 0.139. The average molecular weight is 336 g/mol. The van der Waals surface area contributed by atoms with Crippen LogP contribution < -0.4 is 5.32 Å². The molecule has 1 aromatic rings. The first kappa shape index (κ1) is 17.0. The Balaban J connectivity index is 1.60. The predicted octanol–water partition coefficient (Wildman–Crippen LogP) is 3.43. The lowest BCUT2D eigenvalue weighted by Gasteiger charge is -2.14. The third kappa shape index (κ3) is 4.81. The minimum Gasteiger partial charge on any atom is -0.326 e. The highest BCUT2D eigenvalue weighted by Crippen LogP contribution is 2.27. The number of thiocarbonyl (C=S) groups is 1. The van der Waals surface area contributed by atoms with Gasteiger partial charge >= 0.3 is 0 Å².